The van der Waals surface area contributed by atoms with Crippen LogP contribution in [0.15, 0.2) is 46.9 Å². The average Bonchev–Trinajstić information content (AvgIpc) is 2.41. The van der Waals surface area contributed by atoms with E-state index >= 15 is 0 Å². The number of rotatable bonds is 3. The molecule has 0 aliphatic heterocycles. The normalized spacial score (nSPS) is 10.4. The van der Waals surface area contributed by atoms with E-state index in [1.165, 1.54) is 18.2 Å². The molecule has 1 amide bonds. The van der Waals surface area contributed by atoms with Gasteiger partial charge in [0.05, 0.1) is 4.47 Å². The molecule has 2 nitrogen and oxygen atoms in total. The highest BCUT2D eigenvalue weighted by Gasteiger charge is 2.13. The molecule has 20 heavy (non-hydrogen) atoms. The molecule has 0 bridgehead atoms. The Bertz CT molecular complexity index is 648. The Hall–Kier alpha value is -1.39. The number of halogens is 3. The van der Waals surface area contributed by atoms with Crippen molar-refractivity contribution in [3.05, 3.63) is 68.9 Å². The number of hydrogen-bond acceptors (Lipinski definition) is 1. The number of nitrogens with zero attached hydrogens (tertiary/aromatic N) is 1. The number of hydrogen-bond donors (Lipinski definition) is 0. The topological polar surface area (TPSA) is 20.3 Å². The van der Waals surface area contributed by atoms with Gasteiger partial charge in [0.25, 0.3) is 5.91 Å². The second-order valence-electron chi connectivity index (χ2n) is 4.42. The van der Waals surface area contributed by atoms with Crippen molar-refractivity contribution in [2.24, 2.45) is 0 Å². The summed E-state index contributed by atoms with van der Waals surface area (Å²) in [5.41, 5.74) is 1.37. The first kappa shape index (κ1) is 15.0. The van der Waals surface area contributed by atoms with Gasteiger partial charge in [-0.15, -0.1) is 0 Å². The quantitative estimate of drug-likeness (QED) is 0.792. The van der Waals surface area contributed by atoms with Crippen LogP contribution >= 0.6 is 27.5 Å². The van der Waals surface area contributed by atoms with E-state index < -0.39 is 0 Å². The number of amides is 1. The van der Waals surface area contributed by atoms with Gasteiger partial charge in [0.2, 0.25) is 0 Å². The first-order valence-electron chi connectivity index (χ1n) is 5.92. The summed E-state index contributed by atoms with van der Waals surface area (Å²) in [5, 5.41) is 0.632. The molecule has 0 saturated carbocycles. The van der Waals surface area contributed by atoms with E-state index in [1.54, 1.807) is 18.0 Å². The highest BCUT2D eigenvalue weighted by atomic mass is 79.9. The van der Waals surface area contributed by atoms with Gasteiger partial charge in [-0.1, -0.05) is 23.7 Å². The van der Waals surface area contributed by atoms with Crippen LogP contribution in [0.25, 0.3) is 0 Å². The fourth-order valence-corrected chi connectivity index (χ4v) is 2.42. The summed E-state index contributed by atoms with van der Waals surface area (Å²) in [6.07, 6.45) is 0. The van der Waals surface area contributed by atoms with Crippen LogP contribution in [0.4, 0.5) is 4.39 Å². The zero-order chi connectivity index (χ0) is 14.7. The number of carbonyl (C=O) groups is 1. The first-order chi connectivity index (χ1) is 9.47. The summed E-state index contributed by atoms with van der Waals surface area (Å²) in [7, 11) is 1.69. The summed E-state index contributed by atoms with van der Waals surface area (Å²) in [4.78, 5) is 13.8. The molecule has 0 unspecified atom stereocenters. The van der Waals surface area contributed by atoms with Crippen LogP contribution in [0, 0.1) is 5.82 Å². The van der Waals surface area contributed by atoms with Crippen LogP contribution in [0.1, 0.15) is 15.9 Å². The van der Waals surface area contributed by atoms with Crippen LogP contribution in [-0.2, 0) is 6.54 Å². The molecule has 0 atom stereocenters. The summed E-state index contributed by atoms with van der Waals surface area (Å²) in [6, 6.07) is 11.5. The van der Waals surface area contributed by atoms with E-state index in [-0.39, 0.29) is 16.2 Å². The maximum Gasteiger partial charge on any atom is 0.253 e. The molecule has 104 valence electrons. The van der Waals surface area contributed by atoms with Crippen LogP contribution in [0.5, 0.6) is 0 Å². The third-order valence-electron chi connectivity index (χ3n) is 2.82. The predicted molar refractivity (Wildman–Crippen MR) is 81.3 cm³/mol. The molecular formula is C15H12BrClFNO. The van der Waals surface area contributed by atoms with Gasteiger partial charge < -0.3 is 4.90 Å². The van der Waals surface area contributed by atoms with Gasteiger partial charge in [0, 0.05) is 24.2 Å². The lowest BCUT2D eigenvalue weighted by molar-refractivity contribution is 0.0785. The van der Waals surface area contributed by atoms with E-state index in [9.17, 15) is 9.18 Å². The summed E-state index contributed by atoms with van der Waals surface area (Å²) in [5.74, 6) is -0.565. The fraction of sp³-hybridized carbons (Fsp3) is 0.133. The molecule has 0 aliphatic rings. The van der Waals surface area contributed by atoms with Gasteiger partial charge in [-0.25, -0.2) is 4.39 Å². The minimum atomic E-state index is -0.390. The van der Waals surface area contributed by atoms with Gasteiger partial charge in [-0.05, 0) is 51.8 Å². The van der Waals surface area contributed by atoms with Crippen molar-refractivity contribution in [2.45, 2.75) is 6.54 Å². The first-order valence-corrected chi connectivity index (χ1v) is 7.09. The van der Waals surface area contributed by atoms with Crippen molar-refractivity contribution in [1.29, 1.82) is 0 Å². The van der Waals surface area contributed by atoms with Gasteiger partial charge in [0.15, 0.2) is 0 Å². The van der Waals surface area contributed by atoms with E-state index in [4.69, 9.17) is 11.6 Å². The minimum absolute atomic E-state index is 0.175. The van der Waals surface area contributed by atoms with Crippen LogP contribution in [0.2, 0.25) is 5.02 Å². The van der Waals surface area contributed by atoms with Crippen molar-refractivity contribution in [2.75, 3.05) is 7.05 Å². The maximum absolute atomic E-state index is 13.2. The number of carbonyl (C=O) groups excluding carboxylic acids is 1. The molecular weight excluding hydrogens is 345 g/mol. The van der Waals surface area contributed by atoms with Crippen molar-refractivity contribution in [1.82, 2.24) is 4.90 Å². The third kappa shape index (κ3) is 3.58. The van der Waals surface area contributed by atoms with Crippen LogP contribution in [0.3, 0.4) is 0 Å². The predicted octanol–water partition coefficient (Wildman–Crippen LogP) is 4.51. The van der Waals surface area contributed by atoms with Gasteiger partial charge >= 0.3 is 0 Å². The van der Waals surface area contributed by atoms with E-state index in [0.29, 0.717) is 17.1 Å². The molecule has 0 aromatic heterocycles. The van der Waals surface area contributed by atoms with Crippen molar-refractivity contribution < 1.29 is 9.18 Å². The zero-order valence-corrected chi connectivity index (χ0v) is 13.1. The molecule has 2 aromatic carbocycles. The van der Waals surface area contributed by atoms with E-state index in [0.717, 1.165) is 5.56 Å². The summed E-state index contributed by atoms with van der Waals surface area (Å²) >= 11 is 8.99. The van der Waals surface area contributed by atoms with Crippen LogP contribution in [-0.4, -0.2) is 17.9 Å². The van der Waals surface area contributed by atoms with Crippen molar-refractivity contribution >= 4 is 33.4 Å². The second kappa shape index (κ2) is 6.37. The molecule has 5 heteroatoms. The summed E-state index contributed by atoms with van der Waals surface area (Å²) < 4.78 is 13.4. The zero-order valence-electron chi connectivity index (χ0n) is 10.7. The lowest BCUT2D eigenvalue weighted by Crippen LogP contribution is -2.26. The Morgan fingerprint density at radius 1 is 1.30 bits per heavy atom. The lowest BCUT2D eigenvalue weighted by Gasteiger charge is -2.17. The van der Waals surface area contributed by atoms with Crippen molar-refractivity contribution in [3.8, 4) is 0 Å². The maximum atomic E-state index is 13.2. The molecule has 0 saturated heterocycles. The van der Waals surface area contributed by atoms with E-state index in [1.807, 2.05) is 18.2 Å². The second-order valence-corrected chi connectivity index (χ2v) is 5.71. The summed E-state index contributed by atoms with van der Waals surface area (Å²) in [6.45, 7) is 0.439. The molecule has 2 aromatic rings. The fourth-order valence-electron chi connectivity index (χ4n) is 1.83. The Morgan fingerprint density at radius 2 is 2.05 bits per heavy atom. The van der Waals surface area contributed by atoms with Gasteiger partial charge in [-0.2, -0.15) is 0 Å². The molecule has 0 N–H and O–H groups in total. The third-order valence-corrected chi connectivity index (χ3v) is 3.66. The van der Waals surface area contributed by atoms with Gasteiger partial charge in [0.1, 0.15) is 5.82 Å². The van der Waals surface area contributed by atoms with Crippen molar-refractivity contribution in [3.63, 3.8) is 0 Å². The minimum Gasteiger partial charge on any atom is -0.337 e. The molecule has 0 heterocycles. The van der Waals surface area contributed by atoms with Crippen LogP contribution < -0.4 is 0 Å². The Balaban J connectivity index is 2.14. The average molecular weight is 357 g/mol. The SMILES string of the molecule is CN(Cc1cccc(Cl)c1)C(=O)c1ccc(F)c(Br)c1. The van der Waals surface area contributed by atoms with Gasteiger partial charge in [-0.3, -0.25) is 4.79 Å². The molecule has 0 radical (unpaired) electrons. The smallest absolute Gasteiger partial charge is 0.253 e. The van der Waals surface area contributed by atoms with E-state index in [2.05, 4.69) is 15.9 Å². The molecule has 0 spiro atoms. The molecule has 2 rings (SSSR count). The molecule has 0 aliphatic carbocycles. The molecule has 0 fully saturated rings. The standard InChI is InChI=1S/C15H12BrClFNO/c1-19(9-10-3-2-4-12(17)7-10)15(20)11-5-6-14(18)13(16)8-11/h2-8H,9H2,1H3. The monoisotopic (exact) mass is 355 g/mol. The highest BCUT2D eigenvalue weighted by molar-refractivity contribution is 9.10. The Morgan fingerprint density at radius 3 is 2.70 bits per heavy atom. The largest absolute Gasteiger partial charge is 0.337 e. The highest BCUT2D eigenvalue weighted by Crippen LogP contribution is 2.19. The lowest BCUT2D eigenvalue weighted by atomic mass is 10.1. The Kier molecular flexibility index (Phi) is 4.78. The Labute approximate surface area is 130 Å². The number of benzene rings is 2.